The zero-order valence-corrected chi connectivity index (χ0v) is 13.5. The molecule has 0 saturated carbocycles. The first-order valence-electron chi connectivity index (χ1n) is 8.22. The summed E-state index contributed by atoms with van der Waals surface area (Å²) >= 11 is 0. The smallest absolute Gasteiger partial charge is 0.184 e. The first-order valence-corrected chi connectivity index (χ1v) is 8.22. The lowest BCUT2D eigenvalue weighted by molar-refractivity contribution is -0.294. The van der Waals surface area contributed by atoms with Gasteiger partial charge in [-0.1, -0.05) is 25.3 Å². The molecule has 1 unspecified atom stereocenters. The summed E-state index contributed by atoms with van der Waals surface area (Å²) in [5.74, 6) is 0. The number of ether oxygens (including phenoxy) is 3. The third kappa shape index (κ3) is 7.26. The number of rotatable bonds is 12. The van der Waals surface area contributed by atoms with Crippen molar-refractivity contribution in [3.63, 3.8) is 0 Å². The summed E-state index contributed by atoms with van der Waals surface area (Å²) in [6, 6.07) is 0. The van der Waals surface area contributed by atoms with Gasteiger partial charge in [0, 0.05) is 13.2 Å². The molecule has 0 spiro atoms. The Bertz CT molecular complexity index is 313. The number of aliphatic hydroxyl groups excluding tert-OH is 4. The second-order valence-corrected chi connectivity index (χ2v) is 5.70. The van der Waals surface area contributed by atoms with E-state index in [0.717, 1.165) is 38.7 Å². The van der Waals surface area contributed by atoms with Gasteiger partial charge in [0.05, 0.1) is 13.2 Å². The van der Waals surface area contributed by atoms with Crippen LogP contribution >= 0.6 is 0 Å². The van der Waals surface area contributed by atoms with Crippen LogP contribution in [-0.2, 0) is 14.2 Å². The van der Waals surface area contributed by atoms with Crippen molar-refractivity contribution in [2.75, 3.05) is 26.4 Å². The molecule has 136 valence electrons. The quantitative estimate of drug-likeness (QED) is 0.293. The van der Waals surface area contributed by atoms with E-state index in [1.807, 2.05) is 0 Å². The van der Waals surface area contributed by atoms with Gasteiger partial charge in [0.15, 0.2) is 6.29 Å². The molecule has 0 aromatic heterocycles. The predicted octanol–water partition coefficient (Wildman–Crippen LogP) is -0.0440. The molecule has 1 rings (SSSR count). The molecule has 1 aliphatic rings. The van der Waals surface area contributed by atoms with Crippen LogP contribution in [0.15, 0.2) is 12.7 Å². The minimum atomic E-state index is -1.46. The van der Waals surface area contributed by atoms with Crippen LogP contribution in [0.2, 0.25) is 0 Å². The van der Waals surface area contributed by atoms with E-state index in [9.17, 15) is 15.3 Å². The highest BCUT2D eigenvalue weighted by molar-refractivity contribution is 4.89. The lowest BCUT2D eigenvalue weighted by atomic mass is 9.99. The van der Waals surface area contributed by atoms with Crippen molar-refractivity contribution in [2.45, 2.75) is 62.8 Å². The summed E-state index contributed by atoms with van der Waals surface area (Å²) in [5, 5.41) is 38.4. The zero-order valence-electron chi connectivity index (χ0n) is 13.5. The molecule has 7 nitrogen and oxygen atoms in total. The highest BCUT2D eigenvalue weighted by Gasteiger charge is 2.44. The monoisotopic (exact) mass is 334 g/mol. The summed E-state index contributed by atoms with van der Waals surface area (Å²) in [4.78, 5) is 0. The van der Waals surface area contributed by atoms with Crippen LogP contribution in [-0.4, -0.2) is 77.6 Å². The number of aliphatic hydroxyl groups is 4. The lowest BCUT2D eigenvalue weighted by Gasteiger charge is -2.39. The highest BCUT2D eigenvalue weighted by Crippen LogP contribution is 2.22. The van der Waals surface area contributed by atoms with E-state index in [2.05, 4.69) is 6.58 Å². The molecule has 0 radical (unpaired) electrons. The lowest BCUT2D eigenvalue weighted by Crippen LogP contribution is -2.59. The first-order chi connectivity index (χ1) is 11.1. The van der Waals surface area contributed by atoms with Crippen molar-refractivity contribution in [2.24, 2.45) is 0 Å². The van der Waals surface area contributed by atoms with Crippen molar-refractivity contribution < 1.29 is 34.6 Å². The van der Waals surface area contributed by atoms with Gasteiger partial charge >= 0.3 is 0 Å². The molecular formula is C16H30O7. The minimum absolute atomic E-state index is 0.372. The molecule has 5 atom stereocenters. The Morgan fingerprint density at radius 1 is 0.957 bits per heavy atom. The molecule has 1 heterocycles. The fraction of sp³-hybridized carbons (Fsp3) is 0.875. The maximum absolute atomic E-state index is 9.96. The summed E-state index contributed by atoms with van der Waals surface area (Å²) in [6.07, 6.45) is 0.786. The highest BCUT2D eigenvalue weighted by atomic mass is 16.6. The zero-order chi connectivity index (χ0) is 17.1. The van der Waals surface area contributed by atoms with E-state index in [0.29, 0.717) is 13.2 Å². The summed E-state index contributed by atoms with van der Waals surface area (Å²) in [6.45, 7) is 4.83. The van der Waals surface area contributed by atoms with Crippen LogP contribution in [0.5, 0.6) is 0 Å². The maximum atomic E-state index is 9.96. The average Bonchev–Trinajstić information content (AvgIpc) is 2.55. The van der Waals surface area contributed by atoms with E-state index in [1.165, 1.54) is 0 Å². The topological polar surface area (TPSA) is 109 Å². The van der Waals surface area contributed by atoms with Gasteiger partial charge in [0.2, 0.25) is 0 Å². The third-order valence-corrected chi connectivity index (χ3v) is 3.82. The average molecular weight is 334 g/mol. The van der Waals surface area contributed by atoms with Gasteiger partial charge in [-0.25, -0.2) is 0 Å². The Hall–Kier alpha value is -0.540. The molecule has 0 aliphatic carbocycles. The molecule has 4 N–H and O–H groups in total. The molecule has 0 bridgehead atoms. The predicted molar refractivity (Wildman–Crippen MR) is 83.8 cm³/mol. The number of hydrogen-bond donors (Lipinski definition) is 4. The number of unbranched alkanes of at least 4 members (excludes halogenated alkanes) is 4. The molecule has 0 amide bonds. The largest absolute Gasteiger partial charge is 0.394 e. The van der Waals surface area contributed by atoms with Crippen LogP contribution < -0.4 is 0 Å². The Morgan fingerprint density at radius 2 is 1.61 bits per heavy atom. The van der Waals surface area contributed by atoms with E-state index >= 15 is 0 Å². The van der Waals surface area contributed by atoms with E-state index < -0.39 is 37.3 Å². The van der Waals surface area contributed by atoms with E-state index in [-0.39, 0.29) is 0 Å². The molecule has 23 heavy (non-hydrogen) atoms. The molecular weight excluding hydrogens is 304 g/mol. The van der Waals surface area contributed by atoms with Crippen LogP contribution in [0.4, 0.5) is 0 Å². The van der Waals surface area contributed by atoms with Crippen LogP contribution in [0.3, 0.4) is 0 Å². The standard InChI is InChI=1S/C16H30O7/c1-2-8-21-9-6-4-3-5-7-10-22-15-13(18)12(11-17)23-16(20)14(15)19/h2,12-20H,1,3-11H2/t12-,13-,14-,15+,16?/m1/s1. The van der Waals surface area contributed by atoms with Gasteiger partial charge in [-0.2, -0.15) is 0 Å². The van der Waals surface area contributed by atoms with Crippen LogP contribution in [0, 0.1) is 0 Å². The first kappa shape index (κ1) is 20.5. The number of hydrogen-bond acceptors (Lipinski definition) is 7. The van der Waals surface area contributed by atoms with E-state index in [1.54, 1.807) is 6.08 Å². The fourth-order valence-corrected chi connectivity index (χ4v) is 2.49. The molecule has 7 heteroatoms. The maximum Gasteiger partial charge on any atom is 0.184 e. The SMILES string of the molecule is C=CCOCCCCCCCO[C@H]1[C@H](O)[C@@H](CO)OC(O)[C@@H]1O. The van der Waals surface area contributed by atoms with Crippen molar-refractivity contribution in [3.8, 4) is 0 Å². The molecule has 0 aromatic rings. The van der Waals surface area contributed by atoms with Gasteiger partial charge in [-0.3, -0.25) is 0 Å². The minimum Gasteiger partial charge on any atom is -0.394 e. The van der Waals surface area contributed by atoms with E-state index in [4.69, 9.17) is 19.3 Å². The molecule has 1 fully saturated rings. The van der Waals surface area contributed by atoms with Crippen LogP contribution in [0.25, 0.3) is 0 Å². The van der Waals surface area contributed by atoms with Gasteiger partial charge in [-0.05, 0) is 12.8 Å². The van der Waals surface area contributed by atoms with Crippen molar-refractivity contribution >= 4 is 0 Å². The fourth-order valence-electron chi connectivity index (χ4n) is 2.49. The van der Waals surface area contributed by atoms with Crippen LogP contribution in [0.1, 0.15) is 32.1 Å². The van der Waals surface area contributed by atoms with Crippen molar-refractivity contribution in [1.82, 2.24) is 0 Å². The normalized spacial score (nSPS) is 31.2. The molecule has 1 aliphatic heterocycles. The second kappa shape index (κ2) is 11.9. The summed E-state index contributed by atoms with van der Waals surface area (Å²) < 4.78 is 15.7. The molecule has 0 aromatic carbocycles. The van der Waals surface area contributed by atoms with Gasteiger partial charge < -0.3 is 34.6 Å². The Kier molecular flexibility index (Phi) is 10.6. The summed E-state index contributed by atoms with van der Waals surface area (Å²) in [7, 11) is 0. The van der Waals surface area contributed by atoms with Crippen molar-refractivity contribution in [3.05, 3.63) is 12.7 Å². The second-order valence-electron chi connectivity index (χ2n) is 5.70. The van der Waals surface area contributed by atoms with Gasteiger partial charge in [0.25, 0.3) is 0 Å². The Morgan fingerprint density at radius 3 is 2.26 bits per heavy atom. The molecule has 1 saturated heterocycles. The van der Waals surface area contributed by atoms with Gasteiger partial charge in [-0.15, -0.1) is 6.58 Å². The third-order valence-electron chi connectivity index (χ3n) is 3.82. The van der Waals surface area contributed by atoms with Crippen molar-refractivity contribution in [1.29, 1.82) is 0 Å². The Balaban J connectivity index is 2.10. The Labute approximate surface area is 137 Å². The summed E-state index contributed by atoms with van der Waals surface area (Å²) in [5.41, 5.74) is 0. The van der Waals surface area contributed by atoms with Gasteiger partial charge in [0.1, 0.15) is 24.4 Å².